The van der Waals surface area contributed by atoms with Crippen LogP contribution in [0, 0.1) is 0 Å². The third kappa shape index (κ3) is 4.32. The van der Waals surface area contributed by atoms with Gasteiger partial charge >= 0.3 is 12.1 Å². The monoisotopic (exact) mass is 430 g/mol. The number of aliphatic carboxylic acids is 1. The highest BCUT2D eigenvalue weighted by molar-refractivity contribution is 5.97. The van der Waals surface area contributed by atoms with E-state index in [1.54, 1.807) is 12.1 Å². The summed E-state index contributed by atoms with van der Waals surface area (Å²) >= 11 is 0. The third-order valence-electron chi connectivity index (χ3n) is 5.46. The summed E-state index contributed by atoms with van der Waals surface area (Å²) in [7, 11) is 0. The van der Waals surface area contributed by atoms with E-state index in [9.17, 15) is 14.4 Å². The summed E-state index contributed by atoms with van der Waals surface area (Å²) in [4.78, 5) is 35.3. The van der Waals surface area contributed by atoms with Gasteiger partial charge in [-0.25, -0.2) is 4.79 Å². The van der Waals surface area contributed by atoms with E-state index < -0.39 is 24.0 Å². The van der Waals surface area contributed by atoms with Crippen LogP contribution in [0.25, 0.3) is 11.1 Å². The number of hydrogen-bond acceptors (Lipinski definition) is 4. The largest absolute Gasteiger partial charge is 0.480 e. The number of carboxylic acid groups (broad SMARTS) is 1. The van der Waals surface area contributed by atoms with Crippen LogP contribution in [0.3, 0.4) is 0 Å². The lowest BCUT2D eigenvalue weighted by Crippen LogP contribution is -2.38. The maximum Gasteiger partial charge on any atom is 0.411 e. The van der Waals surface area contributed by atoms with Crippen LogP contribution in [0.5, 0.6) is 0 Å². The molecule has 0 spiro atoms. The number of fused-ring (bicyclic) bond motifs is 3. The van der Waals surface area contributed by atoms with Gasteiger partial charge in [-0.05, 0) is 53.4 Å². The average molecular weight is 430 g/mol. The standard InChI is InChI=1S/C25H22N2O5/c1-15(24(29)30)26-23(28)16-10-12-17(13-11-16)27-25(31)32-14-22-20-8-4-2-6-18(20)19-7-3-5-9-21(19)22/h2-13,15,22H,14H2,1H3,(H,26,28)(H,27,31)(H,29,30)/t15-/m0/s1. The van der Waals surface area contributed by atoms with Crippen LogP contribution in [0.15, 0.2) is 72.8 Å². The predicted molar refractivity (Wildman–Crippen MR) is 120 cm³/mol. The second-order valence-corrected chi connectivity index (χ2v) is 7.56. The summed E-state index contributed by atoms with van der Waals surface area (Å²) in [5, 5.41) is 13.9. The summed E-state index contributed by atoms with van der Waals surface area (Å²) in [6.07, 6.45) is -0.594. The van der Waals surface area contributed by atoms with Gasteiger partial charge in [-0.3, -0.25) is 14.9 Å². The second kappa shape index (κ2) is 8.93. The molecule has 1 aliphatic carbocycles. The number of benzene rings is 3. The number of anilines is 1. The van der Waals surface area contributed by atoms with E-state index in [-0.39, 0.29) is 18.1 Å². The Morgan fingerprint density at radius 2 is 1.47 bits per heavy atom. The molecule has 7 nitrogen and oxygen atoms in total. The van der Waals surface area contributed by atoms with Crippen LogP contribution in [-0.4, -0.2) is 35.7 Å². The molecule has 0 aromatic heterocycles. The minimum Gasteiger partial charge on any atom is -0.480 e. The Morgan fingerprint density at radius 1 is 0.906 bits per heavy atom. The summed E-state index contributed by atoms with van der Waals surface area (Å²) in [6, 6.07) is 21.3. The minimum atomic E-state index is -1.12. The highest BCUT2D eigenvalue weighted by atomic mass is 16.5. The van der Waals surface area contributed by atoms with Crippen LogP contribution in [0.2, 0.25) is 0 Å². The zero-order valence-electron chi connectivity index (χ0n) is 17.4. The molecule has 0 saturated carbocycles. The topological polar surface area (TPSA) is 105 Å². The highest BCUT2D eigenvalue weighted by Gasteiger charge is 2.29. The first kappa shape index (κ1) is 21.1. The maximum atomic E-state index is 12.4. The molecule has 2 amide bonds. The molecule has 0 radical (unpaired) electrons. The second-order valence-electron chi connectivity index (χ2n) is 7.56. The molecule has 3 N–H and O–H groups in total. The van der Waals surface area contributed by atoms with Crippen molar-refractivity contribution < 1.29 is 24.2 Å². The zero-order chi connectivity index (χ0) is 22.7. The van der Waals surface area contributed by atoms with Gasteiger partial charge in [0.25, 0.3) is 5.91 Å². The molecule has 0 unspecified atom stereocenters. The number of nitrogens with one attached hydrogen (secondary N) is 2. The van der Waals surface area contributed by atoms with Crippen molar-refractivity contribution in [3.05, 3.63) is 89.5 Å². The first-order chi connectivity index (χ1) is 15.4. The lowest BCUT2D eigenvalue weighted by atomic mass is 9.98. The quantitative estimate of drug-likeness (QED) is 0.542. The summed E-state index contributed by atoms with van der Waals surface area (Å²) in [5.41, 5.74) is 5.33. The van der Waals surface area contributed by atoms with Crippen LogP contribution in [0.1, 0.15) is 34.3 Å². The lowest BCUT2D eigenvalue weighted by molar-refractivity contribution is -0.138. The number of carbonyl (C=O) groups excluding carboxylic acids is 2. The lowest BCUT2D eigenvalue weighted by Gasteiger charge is -2.15. The van der Waals surface area contributed by atoms with Crippen molar-refractivity contribution >= 4 is 23.7 Å². The van der Waals surface area contributed by atoms with Gasteiger partial charge in [0.2, 0.25) is 0 Å². The molecule has 4 rings (SSSR count). The van der Waals surface area contributed by atoms with E-state index in [4.69, 9.17) is 9.84 Å². The fourth-order valence-corrected chi connectivity index (χ4v) is 3.80. The number of carboxylic acids is 1. The molecule has 0 heterocycles. The Labute approximate surface area is 185 Å². The third-order valence-corrected chi connectivity index (χ3v) is 5.46. The molecule has 1 aliphatic rings. The van der Waals surface area contributed by atoms with Crippen LogP contribution < -0.4 is 10.6 Å². The molecular formula is C25H22N2O5. The van der Waals surface area contributed by atoms with E-state index in [1.807, 2.05) is 24.3 Å². The van der Waals surface area contributed by atoms with E-state index >= 15 is 0 Å². The maximum absolute atomic E-state index is 12.4. The molecule has 0 bridgehead atoms. The van der Waals surface area contributed by atoms with Crippen molar-refractivity contribution in [2.24, 2.45) is 0 Å². The minimum absolute atomic E-state index is 0.0320. The number of amides is 2. The number of ether oxygens (including phenoxy) is 1. The molecule has 32 heavy (non-hydrogen) atoms. The van der Waals surface area contributed by atoms with Gasteiger partial charge in [0.1, 0.15) is 12.6 Å². The molecule has 3 aromatic rings. The highest BCUT2D eigenvalue weighted by Crippen LogP contribution is 2.44. The Bertz CT molecular complexity index is 1130. The SMILES string of the molecule is C[C@H](NC(=O)c1ccc(NC(=O)OCC2c3ccccc3-c3ccccc32)cc1)C(=O)O. The van der Waals surface area contributed by atoms with Gasteiger partial charge in [0, 0.05) is 17.2 Å². The summed E-state index contributed by atoms with van der Waals surface area (Å²) in [5.74, 6) is -1.66. The van der Waals surface area contributed by atoms with Gasteiger partial charge in [-0.1, -0.05) is 48.5 Å². The zero-order valence-corrected chi connectivity index (χ0v) is 17.4. The van der Waals surface area contributed by atoms with Crippen molar-refractivity contribution in [3.63, 3.8) is 0 Å². The van der Waals surface area contributed by atoms with Crippen LogP contribution >= 0.6 is 0 Å². The molecule has 3 aromatic carbocycles. The predicted octanol–water partition coefficient (Wildman–Crippen LogP) is 4.25. The van der Waals surface area contributed by atoms with Crippen molar-refractivity contribution in [3.8, 4) is 11.1 Å². The Morgan fingerprint density at radius 3 is 2.03 bits per heavy atom. The van der Waals surface area contributed by atoms with E-state index in [2.05, 4.69) is 34.9 Å². The normalized spacial score (nSPS) is 12.9. The van der Waals surface area contributed by atoms with E-state index in [0.717, 1.165) is 22.3 Å². The fourth-order valence-electron chi connectivity index (χ4n) is 3.80. The summed E-state index contributed by atoms with van der Waals surface area (Å²) in [6.45, 7) is 1.58. The van der Waals surface area contributed by atoms with Crippen molar-refractivity contribution in [1.82, 2.24) is 5.32 Å². The average Bonchev–Trinajstić information content (AvgIpc) is 3.12. The van der Waals surface area contributed by atoms with Gasteiger partial charge in [-0.15, -0.1) is 0 Å². The fraction of sp³-hybridized carbons (Fsp3) is 0.160. The molecule has 0 aliphatic heterocycles. The summed E-state index contributed by atoms with van der Waals surface area (Å²) < 4.78 is 5.51. The molecule has 162 valence electrons. The Balaban J connectivity index is 1.37. The first-order valence-corrected chi connectivity index (χ1v) is 10.2. The molecule has 1 atom stereocenters. The number of carbonyl (C=O) groups is 3. The van der Waals surface area contributed by atoms with Crippen molar-refractivity contribution in [2.45, 2.75) is 18.9 Å². The molecule has 7 heteroatoms. The molecule has 0 saturated heterocycles. The van der Waals surface area contributed by atoms with Crippen molar-refractivity contribution in [1.29, 1.82) is 0 Å². The van der Waals surface area contributed by atoms with Crippen molar-refractivity contribution in [2.75, 3.05) is 11.9 Å². The van der Waals surface area contributed by atoms with Gasteiger partial charge in [0.05, 0.1) is 0 Å². The van der Waals surface area contributed by atoms with Gasteiger partial charge in [0.15, 0.2) is 0 Å². The van der Waals surface area contributed by atoms with E-state index in [0.29, 0.717) is 5.69 Å². The smallest absolute Gasteiger partial charge is 0.411 e. The first-order valence-electron chi connectivity index (χ1n) is 10.2. The molecule has 0 fully saturated rings. The Hall–Kier alpha value is -4.13. The van der Waals surface area contributed by atoms with Gasteiger partial charge in [-0.2, -0.15) is 0 Å². The molecular weight excluding hydrogens is 408 g/mol. The van der Waals surface area contributed by atoms with Crippen LogP contribution in [0.4, 0.5) is 10.5 Å². The van der Waals surface area contributed by atoms with Crippen LogP contribution in [-0.2, 0) is 9.53 Å². The van der Waals surface area contributed by atoms with E-state index in [1.165, 1.54) is 19.1 Å². The Kier molecular flexibility index (Phi) is 5.89. The number of hydrogen-bond donors (Lipinski definition) is 3. The van der Waals surface area contributed by atoms with Gasteiger partial charge < -0.3 is 15.2 Å². The number of rotatable bonds is 6.